The quantitative estimate of drug-likeness (QED) is 0.792. The van der Waals surface area contributed by atoms with Crippen LogP contribution in [-0.2, 0) is 6.54 Å². The van der Waals surface area contributed by atoms with Crippen LogP contribution in [0.4, 0.5) is 0 Å². The zero-order valence-corrected chi connectivity index (χ0v) is 9.60. The first-order valence-electron chi connectivity index (χ1n) is 6.10. The van der Waals surface area contributed by atoms with Gasteiger partial charge in [0.05, 0.1) is 0 Å². The molecule has 88 valence electrons. The zero-order valence-electron chi connectivity index (χ0n) is 9.60. The number of hydrogen-bond acceptors (Lipinski definition) is 3. The molecule has 2 N–H and O–H groups in total. The van der Waals surface area contributed by atoms with Gasteiger partial charge in [-0.2, -0.15) is 0 Å². The van der Waals surface area contributed by atoms with Gasteiger partial charge in [0, 0.05) is 25.5 Å². The molecule has 1 fully saturated rings. The minimum atomic E-state index is 0.349. The second-order valence-corrected chi connectivity index (χ2v) is 4.62. The van der Waals surface area contributed by atoms with Gasteiger partial charge >= 0.3 is 0 Å². The predicted molar refractivity (Wildman–Crippen MR) is 63.9 cm³/mol. The number of aromatic nitrogens is 1. The van der Waals surface area contributed by atoms with Gasteiger partial charge < -0.3 is 10.4 Å². The number of nitrogens with zero attached hydrogens (tertiary/aromatic N) is 1. The van der Waals surface area contributed by atoms with Crippen molar-refractivity contribution in [3.05, 3.63) is 30.1 Å². The van der Waals surface area contributed by atoms with Crippen molar-refractivity contribution in [1.82, 2.24) is 10.3 Å². The predicted octanol–water partition coefficient (Wildman–Crippen LogP) is 1.58. The Kier molecular flexibility index (Phi) is 4.31. The van der Waals surface area contributed by atoms with Crippen LogP contribution in [0.2, 0.25) is 0 Å². The number of nitrogens with one attached hydrogen (secondary N) is 1. The zero-order chi connectivity index (χ0) is 11.2. The molecule has 1 aliphatic carbocycles. The largest absolute Gasteiger partial charge is 0.396 e. The Hall–Kier alpha value is -0.930. The fourth-order valence-corrected chi connectivity index (χ4v) is 2.53. The van der Waals surface area contributed by atoms with E-state index in [0.29, 0.717) is 18.4 Å². The van der Waals surface area contributed by atoms with Crippen LogP contribution in [0.3, 0.4) is 0 Å². The molecule has 0 aliphatic heterocycles. The lowest BCUT2D eigenvalue weighted by Gasteiger charge is -2.17. The molecule has 3 nitrogen and oxygen atoms in total. The molecule has 0 radical (unpaired) electrons. The third-order valence-corrected chi connectivity index (χ3v) is 3.54. The molecule has 0 amide bonds. The highest BCUT2D eigenvalue weighted by atomic mass is 16.3. The van der Waals surface area contributed by atoms with Gasteiger partial charge in [-0.1, -0.05) is 6.42 Å². The molecule has 1 heterocycles. The van der Waals surface area contributed by atoms with Crippen molar-refractivity contribution in [2.24, 2.45) is 11.8 Å². The van der Waals surface area contributed by atoms with E-state index in [-0.39, 0.29) is 0 Å². The molecular formula is C13H20N2O. The van der Waals surface area contributed by atoms with E-state index in [9.17, 15) is 5.11 Å². The summed E-state index contributed by atoms with van der Waals surface area (Å²) >= 11 is 0. The van der Waals surface area contributed by atoms with Crippen molar-refractivity contribution < 1.29 is 5.11 Å². The summed E-state index contributed by atoms with van der Waals surface area (Å²) in [7, 11) is 0. The monoisotopic (exact) mass is 220 g/mol. The second-order valence-electron chi connectivity index (χ2n) is 4.62. The van der Waals surface area contributed by atoms with Crippen molar-refractivity contribution >= 4 is 0 Å². The number of aliphatic hydroxyl groups is 1. The summed E-state index contributed by atoms with van der Waals surface area (Å²) in [5.41, 5.74) is 1.27. The first kappa shape index (κ1) is 11.6. The molecule has 0 spiro atoms. The van der Waals surface area contributed by atoms with Crippen LogP contribution in [-0.4, -0.2) is 23.2 Å². The molecule has 0 aromatic carbocycles. The lowest BCUT2D eigenvalue weighted by Crippen LogP contribution is -2.26. The van der Waals surface area contributed by atoms with Gasteiger partial charge in [-0.25, -0.2) is 0 Å². The van der Waals surface area contributed by atoms with Crippen LogP contribution in [0.15, 0.2) is 24.5 Å². The number of hydrogen-bond donors (Lipinski definition) is 2. The second kappa shape index (κ2) is 5.97. The maximum absolute atomic E-state index is 9.22. The molecule has 1 aromatic heterocycles. The van der Waals surface area contributed by atoms with Gasteiger partial charge in [0.2, 0.25) is 0 Å². The maximum atomic E-state index is 9.22. The summed E-state index contributed by atoms with van der Waals surface area (Å²) in [5.74, 6) is 1.18. The first-order valence-corrected chi connectivity index (χ1v) is 6.10. The van der Waals surface area contributed by atoms with Crippen LogP contribution in [0.25, 0.3) is 0 Å². The van der Waals surface area contributed by atoms with E-state index >= 15 is 0 Å². The van der Waals surface area contributed by atoms with E-state index in [2.05, 4.69) is 10.3 Å². The van der Waals surface area contributed by atoms with Gasteiger partial charge in [-0.05, 0) is 48.9 Å². The smallest absolute Gasteiger partial charge is 0.0462 e. The van der Waals surface area contributed by atoms with Crippen LogP contribution in [0.1, 0.15) is 24.8 Å². The van der Waals surface area contributed by atoms with E-state index in [4.69, 9.17) is 0 Å². The van der Waals surface area contributed by atoms with Gasteiger partial charge in [-0.3, -0.25) is 4.98 Å². The molecule has 1 saturated carbocycles. The Bertz CT molecular complexity index is 302. The van der Waals surface area contributed by atoms with Gasteiger partial charge in [-0.15, -0.1) is 0 Å². The molecule has 1 aromatic rings. The van der Waals surface area contributed by atoms with Gasteiger partial charge in [0.1, 0.15) is 0 Å². The normalized spacial score (nSPS) is 24.8. The highest BCUT2D eigenvalue weighted by Gasteiger charge is 2.25. The summed E-state index contributed by atoms with van der Waals surface area (Å²) in [4.78, 5) is 4.00. The van der Waals surface area contributed by atoms with E-state index < -0.39 is 0 Å². The number of rotatable bonds is 5. The van der Waals surface area contributed by atoms with Crippen molar-refractivity contribution in [3.63, 3.8) is 0 Å². The Morgan fingerprint density at radius 3 is 2.75 bits per heavy atom. The highest BCUT2D eigenvalue weighted by molar-refractivity contribution is 5.08. The molecular weight excluding hydrogens is 200 g/mol. The Labute approximate surface area is 96.9 Å². The summed E-state index contributed by atoms with van der Waals surface area (Å²) in [5, 5.41) is 12.7. The fraction of sp³-hybridized carbons (Fsp3) is 0.615. The van der Waals surface area contributed by atoms with Gasteiger partial charge in [0.15, 0.2) is 0 Å². The summed E-state index contributed by atoms with van der Waals surface area (Å²) < 4.78 is 0. The summed E-state index contributed by atoms with van der Waals surface area (Å²) in [6, 6.07) is 4.07. The number of aliphatic hydroxyl groups excluding tert-OH is 1. The molecule has 2 atom stereocenters. The Balaban J connectivity index is 1.72. The van der Waals surface area contributed by atoms with E-state index in [1.165, 1.54) is 24.8 Å². The topological polar surface area (TPSA) is 45.1 Å². The van der Waals surface area contributed by atoms with E-state index in [1.54, 1.807) is 0 Å². The molecule has 0 bridgehead atoms. The number of pyridine rings is 1. The van der Waals surface area contributed by atoms with Crippen molar-refractivity contribution in [2.45, 2.75) is 25.8 Å². The molecule has 2 rings (SSSR count). The van der Waals surface area contributed by atoms with Crippen molar-refractivity contribution in [3.8, 4) is 0 Å². The molecule has 2 unspecified atom stereocenters. The summed E-state index contributed by atoms with van der Waals surface area (Å²) in [6.07, 6.45) is 7.37. The molecule has 16 heavy (non-hydrogen) atoms. The highest BCUT2D eigenvalue weighted by Crippen LogP contribution is 2.30. The van der Waals surface area contributed by atoms with Crippen LogP contribution in [0.5, 0.6) is 0 Å². The SMILES string of the molecule is OCC1CCCC1CNCc1ccncc1. The third-order valence-electron chi connectivity index (χ3n) is 3.54. The summed E-state index contributed by atoms with van der Waals surface area (Å²) in [6.45, 7) is 2.27. The maximum Gasteiger partial charge on any atom is 0.0462 e. The van der Waals surface area contributed by atoms with Crippen LogP contribution < -0.4 is 5.32 Å². The van der Waals surface area contributed by atoms with Crippen molar-refractivity contribution in [2.75, 3.05) is 13.2 Å². The Morgan fingerprint density at radius 1 is 1.25 bits per heavy atom. The lowest BCUT2D eigenvalue weighted by atomic mass is 9.97. The van der Waals surface area contributed by atoms with Crippen molar-refractivity contribution in [1.29, 1.82) is 0 Å². The van der Waals surface area contributed by atoms with E-state index in [1.807, 2.05) is 24.5 Å². The molecule has 1 aliphatic rings. The van der Waals surface area contributed by atoms with Crippen LogP contribution >= 0.6 is 0 Å². The fourth-order valence-electron chi connectivity index (χ4n) is 2.53. The first-order chi connectivity index (χ1) is 7.90. The minimum absolute atomic E-state index is 0.349. The van der Waals surface area contributed by atoms with E-state index in [0.717, 1.165) is 13.1 Å². The average molecular weight is 220 g/mol. The minimum Gasteiger partial charge on any atom is -0.396 e. The average Bonchev–Trinajstić information content (AvgIpc) is 2.78. The lowest BCUT2D eigenvalue weighted by molar-refractivity contribution is 0.192. The Morgan fingerprint density at radius 2 is 2.00 bits per heavy atom. The standard InChI is InChI=1S/C13H20N2O/c16-10-13-3-1-2-12(13)9-15-8-11-4-6-14-7-5-11/h4-7,12-13,15-16H,1-3,8-10H2. The van der Waals surface area contributed by atoms with Gasteiger partial charge in [0.25, 0.3) is 0 Å². The molecule has 3 heteroatoms. The van der Waals surface area contributed by atoms with Crippen LogP contribution in [0, 0.1) is 11.8 Å². The third kappa shape index (κ3) is 3.03. The molecule has 0 saturated heterocycles.